The summed E-state index contributed by atoms with van der Waals surface area (Å²) >= 11 is 0. The molecular formula is C23H22F3N7O. The number of ether oxygens (including phenoxy) is 1. The number of methoxy groups -OCH3 is 1. The van der Waals surface area contributed by atoms with Crippen molar-refractivity contribution < 1.29 is 17.9 Å². The second-order valence-electron chi connectivity index (χ2n) is 8.18. The monoisotopic (exact) mass is 469 g/mol. The fraction of sp³-hybridized carbons (Fsp3) is 0.304. The van der Waals surface area contributed by atoms with Gasteiger partial charge in [0.25, 0.3) is 0 Å². The van der Waals surface area contributed by atoms with Gasteiger partial charge in [0.2, 0.25) is 0 Å². The summed E-state index contributed by atoms with van der Waals surface area (Å²) in [7, 11) is 1.51. The third-order valence-corrected chi connectivity index (χ3v) is 5.87. The number of H-pyrrole nitrogens is 1. The number of fused-ring (bicyclic) bond motifs is 1. The molecule has 0 saturated heterocycles. The van der Waals surface area contributed by atoms with Gasteiger partial charge in [0.15, 0.2) is 17.5 Å². The minimum Gasteiger partial charge on any atom is -0.467 e. The van der Waals surface area contributed by atoms with Crippen LogP contribution in [-0.4, -0.2) is 44.1 Å². The zero-order valence-corrected chi connectivity index (χ0v) is 18.3. The number of hydrogen-bond acceptors (Lipinski definition) is 7. The molecule has 0 radical (unpaired) electrons. The van der Waals surface area contributed by atoms with Crippen molar-refractivity contribution in [3.8, 4) is 17.4 Å². The molecule has 3 heterocycles. The van der Waals surface area contributed by atoms with Gasteiger partial charge in [0.1, 0.15) is 17.5 Å². The molecule has 0 unspecified atom stereocenters. The van der Waals surface area contributed by atoms with Gasteiger partial charge in [0.05, 0.1) is 18.8 Å². The molecule has 5 rings (SSSR count). The Morgan fingerprint density at radius 3 is 2.68 bits per heavy atom. The lowest BCUT2D eigenvalue weighted by molar-refractivity contribution is 0.379. The lowest BCUT2D eigenvalue weighted by Gasteiger charge is -2.31. The minimum atomic E-state index is -0.719. The van der Waals surface area contributed by atoms with E-state index < -0.39 is 17.5 Å². The lowest BCUT2D eigenvalue weighted by atomic mass is 9.91. The van der Waals surface area contributed by atoms with E-state index in [1.54, 1.807) is 12.3 Å². The van der Waals surface area contributed by atoms with E-state index in [0.29, 0.717) is 17.8 Å². The fourth-order valence-corrected chi connectivity index (χ4v) is 4.31. The maximum absolute atomic E-state index is 14.6. The molecule has 11 heteroatoms. The quantitative estimate of drug-likeness (QED) is 0.377. The van der Waals surface area contributed by atoms with Crippen LogP contribution in [0.15, 0.2) is 36.8 Å². The van der Waals surface area contributed by atoms with Crippen LogP contribution in [0.1, 0.15) is 25.7 Å². The first-order valence-electron chi connectivity index (χ1n) is 10.9. The molecule has 1 saturated carbocycles. The molecule has 1 aliphatic carbocycles. The molecule has 0 aliphatic heterocycles. The molecule has 0 spiro atoms. The fourth-order valence-electron chi connectivity index (χ4n) is 4.31. The summed E-state index contributed by atoms with van der Waals surface area (Å²) in [6.45, 7) is 0. The molecule has 1 aliphatic rings. The first-order valence-corrected chi connectivity index (χ1v) is 10.9. The summed E-state index contributed by atoms with van der Waals surface area (Å²) in [6, 6.07) is 4.13. The van der Waals surface area contributed by atoms with Gasteiger partial charge in [-0.05, 0) is 37.8 Å². The van der Waals surface area contributed by atoms with Gasteiger partial charge in [-0.25, -0.2) is 28.1 Å². The molecule has 34 heavy (non-hydrogen) atoms. The van der Waals surface area contributed by atoms with Gasteiger partial charge in [0, 0.05) is 41.5 Å². The molecule has 1 fully saturated rings. The molecule has 0 amide bonds. The van der Waals surface area contributed by atoms with Gasteiger partial charge in [-0.15, -0.1) is 0 Å². The predicted molar refractivity (Wildman–Crippen MR) is 121 cm³/mol. The van der Waals surface area contributed by atoms with Crippen LogP contribution in [0.5, 0.6) is 6.01 Å². The molecule has 2 atom stereocenters. The first kappa shape index (κ1) is 21.9. The van der Waals surface area contributed by atoms with Gasteiger partial charge < -0.3 is 20.4 Å². The van der Waals surface area contributed by atoms with E-state index in [1.807, 2.05) is 0 Å². The SMILES string of the molecule is COc1nccc(N[C@@H]2CCC[C@H](Nc3nc(-c4c[nH]c5c(F)cc(F)cc45)ncc3F)C2)n1. The maximum Gasteiger partial charge on any atom is 0.318 e. The Labute approximate surface area is 193 Å². The molecule has 0 bridgehead atoms. The second-order valence-corrected chi connectivity index (χ2v) is 8.18. The Morgan fingerprint density at radius 1 is 1.03 bits per heavy atom. The summed E-state index contributed by atoms with van der Waals surface area (Å²) in [4.78, 5) is 19.4. The Bertz CT molecular complexity index is 1330. The molecule has 176 valence electrons. The van der Waals surface area contributed by atoms with E-state index in [1.165, 1.54) is 19.4 Å². The van der Waals surface area contributed by atoms with Crippen LogP contribution in [-0.2, 0) is 0 Å². The number of rotatable bonds is 6. The maximum atomic E-state index is 14.6. The van der Waals surface area contributed by atoms with Crippen LogP contribution in [0.3, 0.4) is 0 Å². The van der Waals surface area contributed by atoms with Crippen LogP contribution in [0, 0.1) is 17.5 Å². The summed E-state index contributed by atoms with van der Waals surface area (Å²) in [5.74, 6) is -1.16. The molecule has 3 N–H and O–H groups in total. The van der Waals surface area contributed by atoms with Crippen molar-refractivity contribution >= 4 is 22.5 Å². The normalized spacial score (nSPS) is 18.1. The van der Waals surface area contributed by atoms with Crippen molar-refractivity contribution in [2.75, 3.05) is 17.7 Å². The van der Waals surface area contributed by atoms with Crippen molar-refractivity contribution in [1.29, 1.82) is 0 Å². The van der Waals surface area contributed by atoms with Crippen LogP contribution in [0.4, 0.5) is 24.8 Å². The Kier molecular flexibility index (Phi) is 5.91. The molecule has 1 aromatic carbocycles. The van der Waals surface area contributed by atoms with Crippen LogP contribution in [0.2, 0.25) is 0 Å². The first-order chi connectivity index (χ1) is 16.5. The molecule has 8 nitrogen and oxygen atoms in total. The number of aromatic nitrogens is 5. The number of nitrogens with one attached hydrogen (secondary N) is 3. The topological polar surface area (TPSA) is 101 Å². The van der Waals surface area contributed by atoms with Crippen molar-refractivity contribution in [3.05, 3.63) is 54.2 Å². The number of hydrogen-bond donors (Lipinski definition) is 3. The highest BCUT2D eigenvalue weighted by atomic mass is 19.1. The Balaban J connectivity index is 1.34. The van der Waals surface area contributed by atoms with E-state index in [-0.39, 0.29) is 40.6 Å². The van der Waals surface area contributed by atoms with Gasteiger partial charge >= 0.3 is 6.01 Å². The van der Waals surface area contributed by atoms with E-state index >= 15 is 0 Å². The largest absolute Gasteiger partial charge is 0.467 e. The molecular weight excluding hydrogens is 447 g/mol. The minimum absolute atomic E-state index is 0.0370. The predicted octanol–water partition coefficient (Wildman–Crippen LogP) is 4.68. The highest BCUT2D eigenvalue weighted by Gasteiger charge is 2.24. The molecule has 4 aromatic rings. The van der Waals surface area contributed by atoms with E-state index in [9.17, 15) is 13.2 Å². The molecule has 3 aromatic heterocycles. The zero-order valence-electron chi connectivity index (χ0n) is 18.3. The third-order valence-electron chi connectivity index (χ3n) is 5.87. The van der Waals surface area contributed by atoms with Crippen LogP contribution in [0.25, 0.3) is 22.3 Å². The standard InChI is InChI=1S/C23H22F3N7O/c1-34-23-27-6-5-19(32-23)30-13-3-2-4-14(9-13)31-22-18(26)11-29-21(33-22)16-10-28-20-15(16)7-12(24)8-17(20)25/h5-8,10-11,13-14,28H,2-4,9H2,1H3,(H,27,30,32)(H,29,31,33)/t13-,14+/m1/s1. The smallest absolute Gasteiger partial charge is 0.318 e. The highest BCUT2D eigenvalue weighted by Crippen LogP contribution is 2.30. The van der Waals surface area contributed by atoms with Crippen molar-refractivity contribution in [3.63, 3.8) is 0 Å². The number of nitrogens with zero attached hydrogens (tertiary/aromatic N) is 4. The van der Waals surface area contributed by atoms with Gasteiger partial charge in [-0.2, -0.15) is 4.98 Å². The summed E-state index contributed by atoms with van der Waals surface area (Å²) < 4.78 is 47.5. The number of anilines is 2. The van der Waals surface area contributed by atoms with Crippen LogP contribution >= 0.6 is 0 Å². The van der Waals surface area contributed by atoms with Crippen molar-refractivity contribution in [2.45, 2.75) is 37.8 Å². The van der Waals surface area contributed by atoms with Gasteiger partial charge in [-0.1, -0.05) is 0 Å². The number of benzene rings is 1. The highest BCUT2D eigenvalue weighted by molar-refractivity contribution is 5.94. The Hall–Kier alpha value is -3.89. The van der Waals surface area contributed by atoms with E-state index in [2.05, 4.69) is 35.6 Å². The van der Waals surface area contributed by atoms with E-state index in [0.717, 1.165) is 31.5 Å². The summed E-state index contributed by atoms with van der Waals surface area (Å²) in [5.41, 5.74) is 0.527. The van der Waals surface area contributed by atoms with Crippen molar-refractivity contribution in [1.82, 2.24) is 24.9 Å². The number of aromatic amines is 1. The second kappa shape index (κ2) is 9.16. The average Bonchev–Trinajstić information content (AvgIpc) is 3.25. The van der Waals surface area contributed by atoms with Crippen molar-refractivity contribution in [2.24, 2.45) is 0 Å². The number of halogens is 3. The van der Waals surface area contributed by atoms with Crippen LogP contribution < -0.4 is 15.4 Å². The average molecular weight is 469 g/mol. The van der Waals surface area contributed by atoms with E-state index in [4.69, 9.17) is 4.74 Å². The zero-order chi connectivity index (χ0) is 23.7. The lowest BCUT2D eigenvalue weighted by Crippen LogP contribution is -2.35. The Morgan fingerprint density at radius 2 is 1.85 bits per heavy atom. The third kappa shape index (κ3) is 4.45. The summed E-state index contributed by atoms with van der Waals surface area (Å²) in [5, 5.41) is 6.85. The summed E-state index contributed by atoms with van der Waals surface area (Å²) in [6.07, 6.45) is 7.59. The van der Waals surface area contributed by atoms with Gasteiger partial charge in [-0.3, -0.25) is 0 Å².